The summed E-state index contributed by atoms with van der Waals surface area (Å²) >= 11 is 0. The molecule has 1 heterocycles. The van der Waals surface area contributed by atoms with Crippen molar-refractivity contribution in [1.82, 2.24) is 10.2 Å². The van der Waals surface area contributed by atoms with Crippen LogP contribution < -0.4 is 10.6 Å². The van der Waals surface area contributed by atoms with Crippen LogP contribution in [0.5, 0.6) is 0 Å². The minimum atomic E-state index is -4.40. The number of rotatable bonds is 5. The van der Waals surface area contributed by atoms with E-state index >= 15 is 13.2 Å². The number of likely N-dealkylation sites (tertiary alicyclic amines) is 1. The Hall–Kier alpha value is -3.50. The van der Waals surface area contributed by atoms with Gasteiger partial charge >= 0.3 is 5.92 Å². The van der Waals surface area contributed by atoms with E-state index in [4.69, 9.17) is 0 Å². The maximum atomic E-state index is 15.1. The van der Waals surface area contributed by atoms with Gasteiger partial charge in [-0.1, -0.05) is 0 Å². The van der Waals surface area contributed by atoms with Crippen molar-refractivity contribution in [3.05, 3.63) is 64.7 Å². The van der Waals surface area contributed by atoms with Crippen LogP contribution in [0.1, 0.15) is 41.8 Å². The van der Waals surface area contributed by atoms with Crippen LogP contribution in [-0.2, 0) is 15.5 Å². The van der Waals surface area contributed by atoms with Gasteiger partial charge in [-0.3, -0.25) is 14.4 Å². The van der Waals surface area contributed by atoms with Crippen LogP contribution in [0.2, 0.25) is 0 Å². The summed E-state index contributed by atoms with van der Waals surface area (Å²) in [6, 6.07) is 4.87. The molecular formula is C24H24F5N3O3. The van der Waals surface area contributed by atoms with Crippen LogP contribution in [0.25, 0.3) is 0 Å². The molecule has 2 unspecified atom stereocenters. The molecule has 0 saturated carbocycles. The molecule has 11 heteroatoms. The zero-order chi connectivity index (χ0) is 26.1. The highest BCUT2D eigenvalue weighted by atomic mass is 19.3. The average molecular weight is 497 g/mol. The SMILES string of the molecule is CC(=O)NC1CCN(C(=O)C(F)(F)c2cc(C(=O)Nc3ccc(F)c(C)c3)ccc2F)CC1(C)F. The lowest BCUT2D eigenvalue weighted by Crippen LogP contribution is -2.61. The molecule has 0 spiro atoms. The van der Waals surface area contributed by atoms with E-state index in [-0.39, 0.29) is 29.8 Å². The number of hydrogen-bond acceptors (Lipinski definition) is 3. The molecule has 0 radical (unpaired) electrons. The van der Waals surface area contributed by atoms with E-state index < -0.39 is 59.1 Å². The second-order valence-corrected chi connectivity index (χ2v) is 8.73. The van der Waals surface area contributed by atoms with Gasteiger partial charge in [-0.15, -0.1) is 0 Å². The van der Waals surface area contributed by atoms with Gasteiger partial charge in [0.05, 0.1) is 18.2 Å². The molecule has 1 saturated heterocycles. The van der Waals surface area contributed by atoms with Crippen molar-refractivity contribution in [2.45, 2.75) is 44.8 Å². The molecule has 3 rings (SSSR count). The zero-order valence-electron chi connectivity index (χ0n) is 19.2. The third-order valence-electron chi connectivity index (χ3n) is 5.83. The van der Waals surface area contributed by atoms with Crippen molar-refractivity contribution in [3.63, 3.8) is 0 Å². The monoisotopic (exact) mass is 497 g/mol. The molecule has 2 aromatic carbocycles. The van der Waals surface area contributed by atoms with Crippen LogP contribution in [0, 0.1) is 18.6 Å². The number of amides is 3. The Labute approximate surface area is 198 Å². The summed E-state index contributed by atoms with van der Waals surface area (Å²) in [5.74, 6) is -9.54. The molecule has 35 heavy (non-hydrogen) atoms. The van der Waals surface area contributed by atoms with E-state index in [1.54, 1.807) is 0 Å². The molecule has 2 aromatic rings. The predicted molar refractivity (Wildman–Crippen MR) is 118 cm³/mol. The number of anilines is 1. The first-order valence-corrected chi connectivity index (χ1v) is 10.7. The largest absolute Gasteiger partial charge is 0.352 e. The molecule has 0 aromatic heterocycles. The van der Waals surface area contributed by atoms with Crippen LogP contribution in [-0.4, -0.2) is 47.4 Å². The van der Waals surface area contributed by atoms with Gasteiger partial charge < -0.3 is 15.5 Å². The topological polar surface area (TPSA) is 78.5 Å². The molecule has 1 fully saturated rings. The fraction of sp³-hybridized carbons (Fsp3) is 0.375. The normalized spacial score (nSPS) is 20.3. The maximum absolute atomic E-state index is 15.1. The van der Waals surface area contributed by atoms with E-state index in [1.165, 1.54) is 26.0 Å². The molecule has 188 valence electrons. The highest BCUT2D eigenvalue weighted by Crippen LogP contribution is 2.36. The number of nitrogens with zero attached hydrogens (tertiary/aromatic N) is 1. The maximum Gasteiger partial charge on any atom is 0.352 e. The fourth-order valence-corrected chi connectivity index (χ4v) is 3.94. The smallest absolute Gasteiger partial charge is 0.350 e. The first-order chi connectivity index (χ1) is 16.2. The molecule has 1 aliphatic heterocycles. The molecule has 0 bridgehead atoms. The number of alkyl halides is 3. The molecule has 0 aliphatic carbocycles. The van der Waals surface area contributed by atoms with Gasteiger partial charge in [0.25, 0.3) is 11.8 Å². The highest BCUT2D eigenvalue weighted by Gasteiger charge is 2.50. The Morgan fingerprint density at radius 2 is 1.74 bits per heavy atom. The van der Waals surface area contributed by atoms with Crippen LogP contribution in [0.15, 0.2) is 36.4 Å². The lowest BCUT2D eigenvalue weighted by atomic mass is 9.90. The molecule has 2 atom stereocenters. The minimum Gasteiger partial charge on any atom is -0.350 e. The van der Waals surface area contributed by atoms with Gasteiger partial charge in [0.2, 0.25) is 5.91 Å². The number of halogens is 5. The van der Waals surface area contributed by atoms with Crippen molar-refractivity contribution in [2.75, 3.05) is 18.4 Å². The molecule has 6 nitrogen and oxygen atoms in total. The van der Waals surface area contributed by atoms with Gasteiger partial charge in [0.15, 0.2) is 0 Å². The Morgan fingerprint density at radius 1 is 1.09 bits per heavy atom. The Balaban J connectivity index is 1.82. The number of benzene rings is 2. The Morgan fingerprint density at radius 3 is 2.34 bits per heavy atom. The van der Waals surface area contributed by atoms with Gasteiger partial charge in [0, 0.05) is 24.7 Å². The quantitative estimate of drug-likeness (QED) is 0.612. The van der Waals surface area contributed by atoms with Crippen molar-refractivity contribution in [1.29, 1.82) is 0 Å². The zero-order valence-corrected chi connectivity index (χ0v) is 19.2. The summed E-state index contributed by atoms with van der Waals surface area (Å²) in [5, 5.41) is 4.79. The van der Waals surface area contributed by atoms with E-state index in [2.05, 4.69) is 10.6 Å². The number of nitrogens with one attached hydrogen (secondary N) is 2. The Kier molecular flexibility index (Phi) is 7.18. The van der Waals surface area contributed by atoms with Gasteiger partial charge in [-0.25, -0.2) is 13.2 Å². The van der Waals surface area contributed by atoms with E-state index in [1.807, 2.05) is 0 Å². The van der Waals surface area contributed by atoms with Crippen molar-refractivity contribution in [2.24, 2.45) is 0 Å². The summed E-state index contributed by atoms with van der Waals surface area (Å²) in [7, 11) is 0. The molecule has 3 amide bonds. The van der Waals surface area contributed by atoms with Gasteiger partial charge in [-0.2, -0.15) is 8.78 Å². The van der Waals surface area contributed by atoms with Crippen molar-refractivity contribution < 1.29 is 36.3 Å². The van der Waals surface area contributed by atoms with Crippen molar-refractivity contribution >= 4 is 23.4 Å². The molecular weight excluding hydrogens is 473 g/mol. The summed E-state index contributed by atoms with van der Waals surface area (Å²) in [4.78, 5) is 37.0. The second-order valence-electron chi connectivity index (χ2n) is 8.73. The predicted octanol–water partition coefficient (Wildman–Crippen LogP) is 4.08. The summed E-state index contributed by atoms with van der Waals surface area (Å²) in [5.41, 5.74) is -3.47. The number of carbonyl (C=O) groups is 3. The molecule has 1 aliphatic rings. The summed E-state index contributed by atoms with van der Waals surface area (Å²) in [6.07, 6.45) is -0.115. The fourth-order valence-electron chi connectivity index (χ4n) is 3.94. The third kappa shape index (κ3) is 5.60. The van der Waals surface area contributed by atoms with Crippen LogP contribution >= 0.6 is 0 Å². The molecule has 2 N–H and O–H groups in total. The van der Waals surface area contributed by atoms with Gasteiger partial charge in [-0.05, 0) is 62.2 Å². The van der Waals surface area contributed by atoms with E-state index in [0.717, 1.165) is 19.1 Å². The minimum absolute atomic E-state index is 0.115. The first kappa shape index (κ1) is 26.1. The summed E-state index contributed by atoms with van der Waals surface area (Å²) < 4.78 is 73.1. The number of aryl methyl sites for hydroxylation is 1. The lowest BCUT2D eigenvalue weighted by Gasteiger charge is -2.42. The third-order valence-corrected chi connectivity index (χ3v) is 5.83. The number of hydrogen-bond donors (Lipinski definition) is 2. The number of piperidine rings is 1. The van der Waals surface area contributed by atoms with Crippen molar-refractivity contribution in [3.8, 4) is 0 Å². The van der Waals surface area contributed by atoms with E-state index in [9.17, 15) is 23.2 Å². The first-order valence-electron chi connectivity index (χ1n) is 10.7. The standard InChI is InChI=1S/C24H24F5N3O3/c1-13-10-16(5-7-18(13)25)31-21(34)15-4-6-19(26)17(11-15)24(28,29)22(35)32-9-8-20(30-14(2)33)23(3,27)12-32/h4-7,10-11,20H,8-9,12H2,1-3H3,(H,30,33)(H,31,34). The Bertz CT molecular complexity index is 1170. The van der Waals surface area contributed by atoms with Gasteiger partial charge in [0.1, 0.15) is 17.3 Å². The number of carbonyl (C=O) groups excluding carboxylic acids is 3. The summed E-state index contributed by atoms with van der Waals surface area (Å²) in [6.45, 7) is 2.70. The average Bonchev–Trinajstić information content (AvgIpc) is 2.76. The van der Waals surface area contributed by atoms with Crippen LogP contribution in [0.3, 0.4) is 0 Å². The second kappa shape index (κ2) is 9.63. The lowest BCUT2D eigenvalue weighted by molar-refractivity contribution is -0.164. The highest BCUT2D eigenvalue weighted by molar-refractivity contribution is 6.04. The van der Waals surface area contributed by atoms with Crippen LogP contribution in [0.4, 0.5) is 27.6 Å². The van der Waals surface area contributed by atoms with E-state index in [0.29, 0.717) is 17.0 Å².